The van der Waals surface area contributed by atoms with Crippen molar-refractivity contribution < 1.29 is 9.90 Å². The van der Waals surface area contributed by atoms with Crippen LogP contribution in [0, 0.1) is 13.8 Å². The maximum atomic E-state index is 11.1. The summed E-state index contributed by atoms with van der Waals surface area (Å²) >= 11 is 0. The Hall–Kier alpha value is -3.00. The molecule has 25 heavy (non-hydrogen) atoms. The molecule has 0 spiro atoms. The molecule has 2 heterocycles. The first-order valence-electron chi connectivity index (χ1n) is 7.95. The van der Waals surface area contributed by atoms with Crippen molar-refractivity contribution in [2.45, 2.75) is 26.8 Å². The van der Waals surface area contributed by atoms with Crippen LogP contribution in [0.15, 0.2) is 30.3 Å². The van der Waals surface area contributed by atoms with E-state index in [4.69, 9.17) is 5.73 Å². The second-order valence-electron chi connectivity index (χ2n) is 5.83. The molecule has 2 aromatic heterocycles. The summed E-state index contributed by atoms with van der Waals surface area (Å²) in [6, 6.07) is 9.73. The highest BCUT2D eigenvalue weighted by atomic mass is 16.3. The van der Waals surface area contributed by atoms with Crippen LogP contribution in [0.4, 0.5) is 0 Å². The van der Waals surface area contributed by atoms with Crippen molar-refractivity contribution in [1.29, 1.82) is 0 Å². The number of primary amides is 1. The SMILES string of the molecule is Cc1cc(C)n(-c2cccc(-c3nc(CC(N)=O)nn3CCO)c2)n1. The number of aliphatic hydroxyl groups is 1. The number of carbonyl (C=O) groups excluding carboxylic acids is 1. The predicted molar refractivity (Wildman–Crippen MR) is 92.0 cm³/mol. The molecule has 1 aromatic carbocycles. The van der Waals surface area contributed by atoms with Crippen molar-refractivity contribution in [3.63, 3.8) is 0 Å². The summed E-state index contributed by atoms with van der Waals surface area (Å²) in [6.45, 7) is 4.14. The minimum Gasteiger partial charge on any atom is -0.394 e. The van der Waals surface area contributed by atoms with E-state index in [0.717, 1.165) is 22.6 Å². The molecule has 0 fully saturated rings. The molecule has 130 valence electrons. The largest absolute Gasteiger partial charge is 0.394 e. The summed E-state index contributed by atoms with van der Waals surface area (Å²) < 4.78 is 3.44. The zero-order valence-electron chi connectivity index (χ0n) is 14.2. The Labute approximate surface area is 144 Å². The second-order valence-corrected chi connectivity index (χ2v) is 5.83. The first kappa shape index (κ1) is 16.8. The average molecular weight is 340 g/mol. The number of aryl methyl sites for hydroxylation is 2. The van der Waals surface area contributed by atoms with E-state index in [9.17, 15) is 9.90 Å². The number of hydrogen-bond donors (Lipinski definition) is 2. The summed E-state index contributed by atoms with van der Waals surface area (Å²) in [5.41, 5.74) is 8.92. The lowest BCUT2D eigenvalue weighted by molar-refractivity contribution is -0.117. The lowest BCUT2D eigenvalue weighted by Gasteiger charge is -2.08. The molecular weight excluding hydrogens is 320 g/mol. The lowest BCUT2D eigenvalue weighted by atomic mass is 10.2. The highest BCUT2D eigenvalue weighted by Gasteiger charge is 2.14. The van der Waals surface area contributed by atoms with Gasteiger partial charge >= 0.3 is 0 Å². The third kappa shape index (κ3) is 3.58. The molecule has 0 atom stereocenters. The standard InChI is InChI=1S/C17H20N6O2/c1-11-8-12(2)23(20-11)14-5-3-4-13(9-14)17-19-16(10-15(18)25)21-22(17)6-7-24/h3-5,8-9,24H,6-7,10H2,1-2H3,(H2,18,25). The molecule has 0 aliphatic heterocycles. The Morgan fingerprint density at radius 2 is 2.04 bits per heavy atom. The fraction of sp³-hybridized carbons (Fsp3) is 0.294. The van der Waals surface area contributed by atoms with Crippen LogP contribution in [-0.4, -0.2) is 42.2 Å². The van der Waals surface area contributed by atoms with E-state index in [1.165, 1.54) is 0 Å². The van der Waals surface area contributed by atoms with Gasteiger partial charge < -0.3 is 10.8 Å². The van der Waals surface area contributed by atoms with Gasteiger partial charge in [0.2, 0.25) is 5.91 Å². The van der Waals surface area contributed by atoms with Crippen LogP contribution in [0.3, 0.4) is 0 Å². The van der Waals surface area contributed by atoms with Crippen LogP contribution >= 0.6 is 0 Å². The molecule has 0 aliphatic carbocycles. The van der Waals surface area contributed by atoms with Crippen LogP contribution in [-0.2, 0) is 17.8 Å². The number of aromatic nitrogens is 5. The van der Waals surface area contributed by atoms with Gasteiger partial charge in [-0.05, 0) is 32.0 Å². The third-order valence-corrected chi connectivity index (χ3v) is 3.72. The van der Waals surface area contributed by atoms with Gasteiger partial charge in [0.15, 0.2) is 11.6 Å². The van der Waals surface area contributed by atoms with Crippen LogP contribution in [0.1, 0.15) is 17.2 Å². The fourth-order valence-corrected chi connectivity index (χ4v) is 2.75. The number of rotatable bonds is 6. The van der Waals surface area contributed by atoms with Crippen molar-refractivity contribution in [1.82, 2.24) is 24.5 Å². The molecule has 3 aromatic rings. The lowest BCUT2D eigenvalue weighted by Crippen LogP contribution is -2.15. The maximum absolute atomic E-state index is 11.1. The zero-order valence-corrected chi connectivity index (χ0v) is 14.2. The summed E-state index contributed by atoms with van der Waals surface area (Å²) in [4.78, 5) is 15.5. The van der Waals surface area contributed by atoms with E-state index in [2.05, 4.69) is 15.2 Å². The molecule has 0 aliphatic rings. The number of nitrogens with two attached hydrogens (primary N) is 1. The number of carbonyl (C=O) groups is 1. The Morgan fingerprint density at radius 3 is 2.68 bits per heavy atom. The Bertz CT molecular complexity index is 912. The summed E-state index contributed by atoms with van der Waals surface area (Å²) in [5.74, 6) is 0.422. The molecular formula is C17H20N6O2. The molecule has 0 saturated carbocycles. The van der Waals surface area contributed by atoms with Gasteiger partial charge in [-0.15, -0.1) is 0 Å². The first-order chi connectivity index (χ1) is 12.0. The Kier molecular flexibility index (Phi) is 4.62. The van der Waals surface area contributed by atoms with Crippen molar-refractivity contribution in [3.8, 4) is 17.1 Å². The monoisotopic (exact) mass is 340 g/mol. The number of aliphatic hydroxyl groups excluding tert-OH is 1. The normalized spacial score (nSPS) is 11.0. The minimum absolute atomic E-state index is 0.0391. The summed E-state index contributed by atoms with van der Waals surface area (Å²) in [7, 11) is 0. The van der Waals surface area contributed by atoms with Crippen molar-refractivity contribution >= 4 is 5.91 Å². The van der Waals surface area contributed by atoms with Crippen molar-refractivity contribution in [2.75, 3.05) is 6.61 Å². The third-order valence-electron chi connectivity index (χ3n) is 3.72. The highest BCUT2D eigenvalue weighted by molar-refractivity contribution is 5.75. The van der Waals surface area contributed by atoms with Gasteiger partial charge in [-0.3, -0.25) is 4.79 Å². The van der Waals surface area contributed by atoms with E-state index in [1.54, 1.807) is 4.68 Å². The predicted octanol–water partition coefficient (Wildman–Crippen LogP) is 0.768. The van der Waals surface area contributed by atoms with E-state index < -0.39 is 5.91 Å². The molecule has 1 amide bonds. The van der Waals surface area contributed by atoms with Crippen LogP contribution < -0.4 is 5.73 Å². The van der Waals surface area contributed by atoms with E-state index in [-0.39, 0.29) is 19.6 Å². The van der Waals surface area contributed by atoms with Crippen LogP contribution in [0.5, 0.6) is 0 Å². The van der Waals surface area contributed by atoms with Gasteiger partial charge in [0.1, 0.15) is 0 Å². The van der Waals surface area contributed by atoms with Crippen LogP contribution in [0.2, 0.25) is 0 Å². The summed E-state index contributed by atoms with van der Waals surface area (Å²) in [6.07, 6.45) is -0.0391. The molecule has 0 radical (unpaired) electrons. The number of nitrogens with zero attached hydrogens (tertiary/aromatic N) is 5. The average Bonchev–Trinajstić information content (AvgIpc) is 3.10. The molecule has 8 heteroatoms. The molecule has 3 rings (SSSR count). The van der Waals surface area contributed by atoms with Crippen LogP contribution in [0.25, 0.3) is 17.1 Å². The molecule has 0 bridgehead atoms. The van der Waals surface area contributed by atoms with Gasteiger partial charge in [0.05, 0.1) is 31.0 Å². The molecule has 0 unspecified atom stereocenters. The van der Waals surface area contributed by atoms with Crippen molar-refractivity contribution in [3.05, 3.63) is 47.5 Å². The fourth-order valence-electron chi connectivity index (χ4n) is 2.75. The van der Waals surface area contributed by atoms with E-state index in [1.807, 2.05) is 48.9 Å². The van der Waals surface area contributed by atoms with Gasteiger partial charge in [-0.25, -0.2) is 14.3 Å². The number of benzene rings is 1. The maximum Gasteiger partial charge on any atom is 0.225 e. The Morgan fingerprint density at radius 1 is 1.24 bits per heavy atom. The van der Waals surface area contributed by atoms with Crippen molar-refractivity contribution in [2.24, 2.45) is 5.73 Å². The molecule has 3 N–H and O–H groups in total. The molecule has 0 saturated heterocycles. The van der Waals surface area contributed by atoms with Gasteiger partial charge in [-0.1, -0.05) is 12.1 Å². The smallest absolute Gasteiger partial charge is 0.225 e. The molecule has 8 nitrogen and oxygen atoms in total. The van der Waals surface area contributed by atoms with E-state index in [0.29, 0.717) is 11.6 Å². The number of amides is 1. The highest BCUT2D eigenvalue weighted by Crippen LogP contribution is 2.22. The van der Waals surface area contributed by atoms with Gasteiger partial charge in [0, 0.05) is 11.3 Å². The van der Waals surface area contributed by atoms with E-state index >= 15 is 0 Å². The number of hydrogen-bond acceptors (Lipinski definition) is 5. The van der Waals surface area contributed by atoms with Gasteiger partial charge in [0.25, 0.3) is 0 Å². The quantitative estimate of drug-likeness (QED) is 0.688. The first-order valence-corrected chi connectivity index (χ1v) is 7.95. The minimum atomic E-state index is -0.496. The summed E-state index contributed by atoms with van der Waals surface area (Å²) in [5, 5.41) is 18.0. The zero-order chi connectivity index (χ0) is 18.0. The topological polar surface area (TPSA) is 112 Å². The second kappa shape index (κ2) is 6.86. The Balaban J connectivity index is 2.04. The van der Waals surface area contributed by atoms with Gasteiger partial charge in [-0.2, -0.15) is 10.2 Å².